The SMILES string of the molecule is CCOC(=O)c1c(Br)cc(I)nc1C(F)F. The van der Waals surface area contributed by atoms with Gasteiger partial charge in [-0.3, -0.25) is 0 Å². The van der Waals surface area contributed by atoms with Gasteiger partial charge in [-0.2, -0.15) is 0 Å². The van der Waals surface area contributed by atoms with Crippen LogP contribution in [-0.2, 0) is 4.74 Å². The van der Waals surface area contributed by atoms with Gasteiger partial charge in [0.1, 0.15) is 15.0 Å². The van der Waals surface area contributed by atoms with Crippen molar-refractivity contribution in [2.75, 3.05) is 6.61 Å². The van der Waals surface area contributed by atoms with Gasteiger partial charge in [-0.05, 0) is 51.5 Å². The van der Waals surface area contributed by atoms with Gasteiger partial charge in [-0.15, -0.1) is 0 Å². The molecule has 0 unspecified atom stereocenters. The Bertz CT molecular complexity index is 415. The van der Waals surface area contributed by atoms with E-state index in [4.69, 9.17) is 4.74 Å². The quantitative estimate of drug-likeness (QED) is 0.438. The molecule has 1 aromatic rings. The Morgan fingerprint density at radius 1 is 1.69 bits per heavy atom. The molecule has 0 spiro atoms. The molecule has 0 aliphatic rings. The highest BCUT2D eigenvalue weighted by Gasteiger charge is 2.24. The molecule has 0 aliphatic heterocycles. The molecule has 16 heavy (non-hydrogen) atoms. The lowest BCUT2D eigenvalue weighted by atomic mass is 10.2. The molecule has 0 N–H and O–H groups in total. The van der Waals surface area contributed by atoms with Crippen molar-refractivity contribution in [1.82, 2.24) is 4.98 Å². The van der Waals surface area contributed by atoms with E-state index in [0.717, 1.165) is 0 Å². The normalized spacial score (nSPS) is 10.6. The van der Waals surface area contributed by atoms with Gasteiger partial charge < -0.3 is 4.74 Å². The summed E-state index contributed by atoms with van der Waals surface area (Å²) < 4.78 is 30.7. The lowest BCUT2D eigenvalue weighted by molar-refractivity contribution is 0.0512. The number of halogens is 4. The monoisotopic (exact) mass is 405 g/mol. The maximum absolute atomic E-state index is 12.7. The molecule has 1 heterocycles. The van der Waals surface area contributed by atoms with E-state index in [9.17, 15) is 13.6 Å². The smallest absolute Gasteiger partial charge is 0.341 e. The van der Waals surface area contributed by atoms with Gasteiger partial charge in [0.05, 0.1) is 6.61 Å². The molecule has 0 saturated heterocycles. The number of aromatic nitrogens is 1. The number of hydrogen-bond donors (Lipinski definition) is 0. The van der Waals surface area contributed by atoms with E-state index in [1.54, 1.807) is 29.5 Å². The Kier molecular flexibility index (Phi) is 5.03. The highest BCUT2D eigenvalue weighted by Crippen LogP contribution is 2.29. The molecule has 0 radical (unpaired) electrons. The third kappa shape index (κ3) is 3.09. The summed E-state index contributed by atoms with van der Waals surface area (Å²) in [5.41, 5.74) is -0.769. The minimum absolute atomic E-state index is 0.125. The molecule has 1 rings (SSSR count). The van der Waals surface area contributed by atoms with Gasteiger partial charge in [-0.25, -0.2) is 18.6 Å². The Hall–Kier alpha value is -0.310. The summed E-state index contributed by atoms with van der Waals surface area (Å²) in [6.45, 7) is 1.73. The van der Waals surface area contributed by atoms with E-state index in [-0.39, 0.29) is 16.6 Å². The van der Waals surface area contributed by atoms with Crippen molar-refractivity contribution >= 4 is 44.5 Å². The van der Waals surface area contributed by atoms with Crippen LogP contribution in [0.5, 0.6) is 0 Å². The Morgan fingerprint density at radius 2 is 2.31 bits per heavy atom. The van der Waals surface area contributed by atoms with E-state index in [1.165, 1.54) is 6.07 Å². The summed E-state index contributed by atoms with van der Waals surface area (Å²) >= 11 is 4.86. The largest absolute Gasteiger partial charge is 0.462 e. The minimum Gasteiger partial charge on any atom is -0.462 e. The predicted octanol–water partition coefficient (Wildman–Crippen LogP) is 3.56. The van der Waals surface area contributed by atoms with Crippen molar-refractivity contribution in [1.29, 1.82) is 0 Å². The number of carbonyl (C=O) groups is 1. The van der Waals surface area contributed by atoms with Crippen molar-refractivity contribution in [3.05, 3.63) is 25.5 Å². The molecule has 3 nitrogen and oxygen atoms in total. The zero-order valence-corrected chi connectivity index (χ0v) is 11.9. The summed E-state index contributed by atoms with van der Waals surface area (Å²) in [6, 6.07) is 1.48. The third-order valence-corrected chi connectivity index (χ3v) is 2.83. The summed E-state index contributed by atoms with van der Waals surface area (Å²) in [7, 11) is 0. The number of nitrogens with zero attached hydrogens (tertiary/aromatic N) is 1. The number of rotatable bonds is 3. The molecule has 7 heteroatoms. The number of esters is 1. The average Bonchev–Trinajstić information content (AvgIpc) is 2.16. The molecule has 0 bridgehead atoms. The number of ether oxygens (including phenoxy) is 1. The van der Waals surface area contributed by atoms with Gasteiger partial charge in [0.2, 0.25) is 0 Å². The first-order valence-electron chi connectivity index (χ1n) is 4.28. The fourth-order valence-electron chi connectivity index (χ4n) is 1.07. The number of alkyl halides is 2. The van der Waals surface area contributed by atoms with Crippen LogP contribution in [0.15, 0.2) is 10.5 Å². The van der Waals surface area contributed by atoms with E-state index in [1.807, 2.05) is 0 Å². The van der Waals surface area contributed by atoms with Crippen molar-refractivity contribution < 1.29 is 18.3 Å². The Balaban J connectivity index is 3.29. The molecule has 0 aliphatic carbocycles. The van der Waals surface area contributed by atoms with Gasteiger partial charge in [0, 0.05) is 4.47 Å². The van der Waals surface area contributed by atoms with Crippen molar-refractivity contribution in [3.63, 3.8) is 0 Å². The first kappa shape index (κ1) is 13.8. The van der Waals surface area contributed by atoms with E-state index < -0.39 is 18.1 Å². The zero-order chi connectivity index (χ0) is 12.3. The fourth-order valence-corrected chi connectivity index (χ4v) is 2.65. The first-order valence-corrected chi connectivity index (χ1v) is 6.15. The Morgan fingerprint density at radius 3 is 2.81 bits per heavy atom. The zero-order valence-electron chi connectivity index (χ0n) is 8.14. The van der Waals surface area contributed by atoms with E-state index in [2.05, 4.69) is 20.9 Å². The fraction of sp³-hybridized carbons (Fsp3) is 0.333. The first-order chi connectivity index (χ1) is 7.47. The number of hydrogen-bond acceptors (Lipinski definition) is 3. The maximum atomic E-state index is 12.7. The second kappa shape index (κ2) is 5.85. The van der Waals surface area contributed by atoms with Crippen molar-refractivity contribution in [2.24, 2.45) is 0 Å². The van der Waals surface area contributed by atoms with Crippen LogP contribution in [0.3, 0.4) is 0 Å². The highest BCUT2D eigenvalue weighted by molar-refractivity contribution is 14.1. The van der Waals surface area contributed by atoms with Crippen LogP contribution in [0.4, 0.5) is 8.78 Å². The van der Waals surface area contributed by atoms with Crippen LogP contribution < -0.4 is 0 Å². The second-order valence-corrected chi connectivity index (χ2v) is 4.67. The van der Waals surface area contributed by atoms with Crippen molar-refractivity contribution in [3.8, 4) is 0 Å². The van der Waals surface area contributed by atoms with Crippen LogP contribution in [0.25, 0.3) is 0 Å². The molecular weight excluding hydrogens is 399 g/mol. The van der Waals surface area contributed by atoms with E-state index in [0.29, 0.717) is 3.70 Å². The van der Waals surface area contributed by atoms with Gasteiger partial charge >= 0.3 is 5.97 Å². The van der Waals surface area contributed by atoms with Crippen LogP contribution >= 0.6 is 38.5 Å². The molecule has 1 aromatic heterocycles. The predicted molar refractivity (Wildman–Crippen MR) is 65.6 cm³/mol. The summed E-state index contributed by atoms with van der Waals surface area (Å²) in [5.74, 6) is -0.798. The Labute approximate surface area is 113 Å². The summed E-state index contributed by atoms with van der Waals surface area (Å²) in [6.07, 6.45) is -2.81. The summed E-state index contributed by atoms with van der Waals surface area (Å²) in [4.78, 5) is 15.1. The number of carbonyl (C=O) groups excluding carboxylic acids is 1. The van der Waals surface area contributed by atoms with Crippen LogP contribution in [0, 0.1) is 3.70 Å². The van der Waals surface area contributed by atoms with Crippen LogP contribution in [-0.4, -0.2) is 17.6 Å². The molecule has 0 amide bonds. The minimum atomic E-state index is -2.81. The molecule has 0 fully saturated rings. The standard InChI is InChI=1S/C9H7BrF2INO2/c1-2-16-9(15)6-4(10)3-5(13)14-7(6)8(11)12/h3,8H,2H2,1H3. The van der Waals surface area contributed by atoms with Gasteiger partial charge in [0.15, 0.2) is 0 Å². The number of pyridine rings is 1. The molecule has 0 aromatic carbocycles. The van der Waals surface area contributed by atoms with Crippen LogP contribution in [0.2, 0.25) is 0 Å². The molecular formula is C9H7BrF2INO2. The topological polar surface area (TPSA) is 39.2 Å². The highest BCUT2D eigenvalue weighted by atomic mass is 127. The molecule has 0 saturated carbocycles. The van der Waals surface area contributed by atoms with Gasteiger partial charge in [-0.1, -0.05) is 0 Å². The molecule has 88 valence electrons. The second-order valence-electron chi connectivity index (χ2n) is 2.71. The lowest BCUT2D eigenvalue weighted by Gasteiger charge is -2.09. The molecule has 0 atom stereocenters. The maximum Gasteiger partial charge on any atom is 0.341 e. The van der Waals surface area contributed by atoms with Crippen molar-refractivity contribution in [2.45, 2.75) is 13.3 Å². The average molecular weight is 406 g/mol. The van der Waals surface area contributed by atoms with E-state index >= 15 is 0 Å². The lowest BCUT2D eigenvalue weighted by Crippen LogP contribution is -2.12. The third-order valence-electron chi connectivity index (χ3n) is 1.65. The van der Waals surface area contributed by atoms with Crippen LogP contribution in [0.1, 0.15) is 29.4 Å². The summed E-state index contributed by atoms with van der Waals surface area (Å²) in [5, 5.41) is 0. The van der Waals surface area contributed by atoms with Gasteiger partial charge in [0.25, 0.3) is 6.43 Å².